The zero-order valence-electron chi connectivity index (χ0n) is 6.22. The molecule has 2 atom stereocenters. The smallest absolute Gasteiger partial charge is 0.0255 e. The minimum atomic E-state index is 0.857. The Morgan fingerprint density at radius 1 is 1.33 bits per heavy atom. The molecule has 9 heavy (non-hydrogen) atoms. The van der Waals surface area contributed by atoms with Crippen molar-refractivity contribution in [2.45, 2.75) is 38.8 Å². The van der Waals surface area contributed by atoms with Gasteiger partial charge < -0.3 is 5.32 Å². The molecule has 52 valence electrons. The Hall–Kier alpha value is -0.0400. The van der Waals surface area contributed by atoms with Gasteiger partial charge in [-0.3, -0.25) is 0 Å². The predicted molar refractivity (Wildman–Crippen MR) is 38.3 cm³/mol. The Morgan fingerprint density at radius 2 is 2.00 bits per heavy atom. The predicted octanol–water partition coefficient (Wildman–Crippen LogP) is 1.39. The molecule has 0 bridgehead atoms. The van der Waals surface area contributed by atoms with E-state index in [4.69, 9.17) is 0 Å². The lowest BCUT2D eigenvalue weighted by Gasteiger charge is -1.97. The number of hydrogen-bond donors (Lipinski definition) is 1. The third-order valence-corrected chi connectivity index (χ3v) is 2.51. The van der Waals surface area contributed by atoms with Gasteiger partial charge in [0, 0.05) is 12.1 Å². The van der Waals surface area contributed by atoms with E-state index < -0.39 is 0 Å². The summed E-state index contributed by atoms with van der Waals surface area (Å²) in [5.74, 6) is 1.92. The minimum absolute atomic E-state index is 0.857. The van der Waals surface area contributed by atoms with E-state index in [0.717, 1.165) is 23.9 Å². The van der Waals surface area contributed by atoms with Gasteiger partial charge in [0.25, 0.3) is 0 Å². The second-order valence-electron chi connectivity index (χ2n) is 3.80. The van der Waals surface area contributed by atoms with Crippen LogP contribution in [0.25, 0.3) is 0 Å². The van der Waals surface area contributed by atoms with E-state index in [1.807, 2.05) is 0 Å². The van der Waals surface area contributed by atoms with Crippen molar-refractivity contribution in [1.29, 1.82) is 0 Å². The summed E-state index contributed by atoms with van der Waals surface area (Å²) < 4.78 is 0. The van der Waals surface area contributed by atoms with Gasteiger partial charge in [0.15, 0.2) is 0 Å². The zero-order valence-corrected chi connectivity index (χ0v) is 6.22. The maximum Gasteiger partial charge on any atom is 0.0255 e. The second-order valence-corrected chi connectivity index (χ2v) is 3.80. The first-order valence-corrected chi connectivity index (χ1v) is 4.05. The first-order chi connectivity index (χ1) is 4.29. The van der Waals surface area contributed by atoms with Crippen molar-refractivity contribution >= 4 is 0 Å². The van der Waals surface area contributed by atoms with Crippen LogP contribution in [0.5, 0.6) is 0 Å². The Morgan fingerprint density at radius 3 is 2.33 bits per heavy atom. The van der Waals surface area contributed by atoms with Crippen LogP contribution in [0.1, 0.15) is 26.7 Å². The van der Waals surface area contributed by atoms with Gasteiger partial charge in [0.1, 0.15) is 0 Å². The van der Waals surface area contributed by atoms with Gasteiger partial charge in [-0.15, -0.1) is 0 Å². The molecular formula is C8H15N. The lowest BCUT2D eigenvalue weighted by molar-refractivity contribution is 0.602. The standard InChI is InChI=1S/C8H15N/c1-5(2)7-8(9-7)6-3-4-6/h5-9H,3-4H2,1-2H3/t7-,8+/m1/s1. The fraction of sp³-hybridized carbons (Fsp3) is 1.00. The molecule has 0 aromatic heterocycles. The van der Waals surface area contributed by atoms with Gasteiger partial charge in [0.2, 0.25) is 0 Å². The van der Waals surface area contributed by atoms with E-state index in [9.17, 15) is 0 Å². The van der Waals surface area contributed by atoms with Crippen LogP contribution in [0.2, 0.25) is 0 Å². The van der Waals surface area contributed by atoms with Crippen molar-refractivity contribution in [3.8, 4) is 0 Å². The molecule has 1 N–H and O–H groups in total. The van der Waals surface area contributed by atoms with Crippen LogP contribution in [0.3, 0.4) is 0 Å². The zero-order chi connectivity index (χ0) is 6.43. The van der Waals surface area contributed by atoms with Crippen molar-refractivity contribution in [2.75, 3.05) is 0 Å². The lowest BCUT2D eigenvalue weighted by Crippen LogP contribution is -2.03. The molecule has 1 saturated carbocycles. The van der Waals surface area contributed by atoms with Crippen LogP contribution < -0.4 is 5.32 Å². The molecule has 1 saturated heterocycles. The maximum atomic E-state index is 3.53. The van der Waals surface area contributed by atoms with Crippen LogP contribution in [0, 0.1) is 11.8 Å². The van der Waals surface area contributed by atoms with Crippen molar-refractivity contribution < 1.29 is 0 Å². The van der Waals surface area contributed by atoms with Crippen LogP contribution >= 0.6 is 0 Å². The Labute approximate surface area is 56.8 Å². The Bertz CT molecular complexity index is 110. The Kier molecular flexibility index (Phi) is 1.10. The highest BCUT2D eigenvalue weighted by Crippen LogP contribution is 2.41. The number of rotatable bonds is 2. The molecule has 0 aromatic rings. The maximum absolute atomic E-state index is 3.53. The van der Waals surface area contributed by atoms with Crippen molar-refractivity contribution in [2.24, 2.45) is 11.8 Å². The van der Waals surface area contributed by atoms with Crippen molar-refractivity contribution in [3.05, 3.63) is 0 Å². The molecule has 2 fully saturated rings. The summed E-state index contributed by atoms with van der Waals surface area (Å²) in [5, 5.41) is 3.53. The molecule has 2 rings (SSSR count). The molecule has 1 aliphatic heterocycles. The molecule has 0 amide bonds. The summed E-state index contributed by atoms with van der Waals surface area (Å²) in [7, 11) is 0. The fourth-order valence-electron chi connectivity index (χ4n) is 1.66. The highest BCUT2D eigenvalue weighted by Gasteiger charge is 2.47. The SMILES string of the molecule is CC(C)[C@H]1N[C@H]1C1CC1. The van der Waals surface area contributed by atoms with Gasteiger partial charge in [-0.05, 0) is 24.7 Å². The minimum Gasteiger partial charge on any atom is -0.308 e. The van der Waals surface area contributed by atoms with Gasteiger partial charge >= 0.3 is 0 Å². The summed E-state index contributed by atoms with van der Waals surface area (Å²) in [5.41, 5.74) is 0. The average Bonchev–Trinajstić information content (AvgIpc) is 2.60. The fourth-order valence-corrected chi connectivity index (χ4v) is 1.66. The van der Waals surface area contributed by atoms with E-state index in [1.165, 1.54) is 12.8 Å². The molecule has 1 heterocycles. The number of hydrogen-bond acceptors (Lipinski definition) is 1. The lowest BCUT2D eigenvalue weighted by atomic mass is 10.1. The molecule has 1 aliphatic carbocycles. The van der Waals surface area contributed by atoms with Crippen molar-refractivity contribution in [1.82, 2.24) is 5.32 Å². The third kappa shape index (κ3) is 0.983. The van der Waals surface area contributed by atoms with E-state index in [1.54, 1.807) is 0 Å². The Balaban J connectivity index is 1.81. The first-order valence-electron chi connectivity index (χ1n) is 4.05. The summed E-state index contributed by atoms with van der Waals surface area (Å²) in [6.07, 6.45) is 2.97. The highest BCUT2D eigenvalue weighted by molar-refractivity contribution is 5.07. The molecule has 1 heteroatoms. The topological polar surface area (TPSA) is 21.9 Å². The van der Waals surface area contributed by atoms with E-state index in [-0.39, 0.29) is 0 Å². The molecule has 2 aliphatic rings. The third-order valence-electron chi connectivity index (χ3n) is 2.51. The van der Waals surface area contributed by atoms with Gasteiger partial charge in [0.05, 0.1) is 0 Å². The quantitative estimate of drug-likeness (QED) is 0.553. The molecule has 1 nitrogen and oxygen atoms in total. The molecular weight excluding hydrogens is 110 g/mol. The highest BCUT2D eigenvalue weighted by atomic mass is 15.2. The van der Waals surface area contributed by atoms with Gasteiger partial charge in [-0.1, -0.05) is 13.8 Å². The van der Waals surface area contributed by atoms with Crippen LogP contribution in [0.15, 0.2) is 0 Å². The van der Waals surface area contributed by atoms with Crippen LogP contribution in [-0.4, -0.2) is 12.1 Å². The largest absolute Gasteiger partial charge is 0.308 e. The van der Waals surface area contributed by atoms with Crippen molar-refractivity contribution in [3.63, 3.8) is 0 Å². The van der Waals surface area contributed by atoms with Gasteiger partial charge in [-0.2, -0.15) is 0 Å². The van der Waals surface area contributed by atoms with Crippen LogP contribution in [0.4, 0.5) is 0 Å². The van der Waals surface area contributed by atoms with Crippen LogP contribution in [-0.2, 0) is 0 Å². The summed E-state index contributed by atoms with van der Waals surface area (Å²) in [6.45, 7) is 4.61. The summed E-state index contributed by atoms with van der Waals surface area (Å²) in [4.78, 5) is 0. The molecule has 0 spiro atoms. The van der Waals surface area contributed by atoms with E-state index in [0.29, 0.717) is 0 Å². The second kappa shape index (κ2) is 1.72. The number of nitrogens with one attached hydrogen (secondary N) is 1. The van der Waals surface area contributed by atoms with E-state index >= 15 is 0 Å². The normalized spacial score (nSPS) is 41.7. The average molecular weight is 125 g/mol. The van der Waals surface area contributed by atoms with E-state index in [2.05, 4.69) is 19.2 Å². The molecule has 0 radical (unpaired) electrons. The molecule has 0 aromatic carbocycles. The molecule has 0 unspecified atom stereocenters. The van der Waals surface area contributed by atoms with Gasteiger partial charge in [-0.25, -0.2) is 0 Å². The monoisotopic (exact) mass is 125 g/mol. The summed E-state index contributed by atoms with van der Waals surface area (Å²) in [6, 6.07) is 1.79. The summed E-state index contributed by atoms with van der Waals surface area (Å²) >= 11 is 0. The first kappa shape index (κ1) is 5.72.